The summed E-state index contributed by atoms with van der Waals surface area (Å²) in [5.74, 6) is 1.37. The fourth-order valence-electron chi connectivity index (χ4n) is 2.22. The molecule has 2 N–H and O–H groups in total. The van der Waals surface area contributed by atoms with Crippen LogP contribution in [0.15, 0.2) is 18.2 Å². The van der Waals surface area contributed by atoms with Crippen molar-refractivity contribution in [2.24, 2.45) is 0 Å². The molecule has 1 heterocycles. The van der Waals surface area contributed by atoms with Gasteiger partial charge in [-0.3, -0.25) is 4.79 Å². The molecule has 0 bridgehead atoms. The first-order valence-electron chi connectivity index (χ1n) is 7.46. The molecule has 0 spiro atoms. The van der Waals surface area contributed by atoms with E-state index in [1.54, 1.807) is 6.92 Å². The Labute approximate surface area is 126 Å². The van der Waals surface area contributed by atoms with Crippen LogP contribution < -0.4 is 20.1 Å². The number of hydrogen-bond donors (Lipinski definition) is 2. The van der Waals surface area contributed by atoms with Crippen LogP contribution in [0.4, 0.5) is 0 Å². The summed E-state index contributed by atoms with van der Waals surface area (Å²) in [5.41, 5.74) is 1.13. The van der Waals surface area contributed by atoms with Crippen molar-refractivity contribution in [3.63, 3.8) is 0 Å². The lowest BCUT2D eigenvalue weighted by Gasteiger charge is -2.18. The van der Waals surface area contributed by atoms with Crippen molar-refractivity contribution >= 4 is 5.91 Å². The lowest BCUT2D eigenvalue weighted by atomic mass is 10.1. The number of carbonyl (C=O) groups excluding carboxylic acids is 1. The zero-order chi connectivity index (χ0) is 15.4. The minimum Gasteiger partial charge on any atom is -0.491 e. The smallest absolute Gasteiger partial charge is 0.260 e. The lowest BCUT2D eigenvalue weighted by Crippen LogP contribution is -2.40. The first kappa shape index (κ1) is 15.6. The van der Waals surface area contributed by atoms with Gasteiger partial charge in [-0.05, 0) is 39.4 Å². The third-order valence-corrected chi connectivity index (χ3v) is 3.80. The fourth-order valence-corrected chi connectivity index (χ4v) is 2.22. The van der Waals surface area contributed by atoms with Crippen LogP contribution in [0, 0.1) is 0 Å². The number of benzene rings is 1. The van der Waals surface area contributed by atoms with Crippen molar-refractivity contribution in [2.75, 3.05) is 13.7 Å². The number of amides is 1. The molecule has 1 aliphatic heterocycles. The molecule has 21 heavy (non-hydrogen) atoms. The summed E-state index contributed by atoms with van der Waals surface area (Å²) in [6.07, 6.45) is 0.370. The predicted octanol–water partition coefficient (Wildman–Crippen LogP) is 2.02. The summed E-state index contributed by atoms with van der Waals surface area (Å²) in [4.78, 5) is 12.0. The highest BCUT2D eigenvalue weighted by Crippen LogP contribution is 2.35. The van der Waals surface area contributed by atoms with Crippen LogP contribution in [0.3, 0.4) is 0 Å². The summed E-state index contributed by atoms with van der Waals surface area (Å²) >= 11 is 0. The van der Waals surface area contributed by atoms with Crippen molar-refractivity contribution < 1.29 is 14.3 Å². The molecular weight excluding hydrogens is 268 g/mol. The van der Waals surface area contributed by atoms with E-state index in [4.69, 9.17) is 9.47 Å². The van der Waals surface area contributed by atoms with Gasteiger partial charge in [-0.1, -0.05) is 6.92 Å². The Hall–Kier alpha value is -1.75. The Kier molecular flexibility index (Phi) is 5.07. The molecule has 1 aliphatic rings. The normalized spacial score (nSPS) is 19.3. The molecule has 5 nitrogen and oxygen atoms in total. The molecule has 5 heteroatoms. The Morgan fingerprint density at radius 3 is 2.90 bits per heavy atom. The van der Waals surface area contributed by atoms with Gasteiger partial charge >= 0.3 is 0 Å². The van der Waals surface area contributed by atoms with E-state index >= 15 is 0 Å². The highest BCUT2D eigenvalue weighted by Gasteiger charge is 2.24. The number of carbonyl (C=O) groups is 1. The first-order valence-corrected chi connectivity index (χ1v) is 7.46. The highest BCUT2D eigenvalue weighted by atomic mass is 16.5. The molecule has 0 radical (unpaired) electrons. The van der Waals surface area contributed by atoms with Crippen LogP contribution in [0.5, 0.6) is 11.5 Å². The van der Waals surface area contributed by atoms with Crippen LogP contribution in [-0.2, 0) is 4.79 Å². The summed E-state index contributed by atoms with van der Waals surface area (Å²) in [6, 6.07) is 6.09. The summed E-state index contributed by atoms with van der Waals surface area (Å²) in [5, 5.41) is 6.11. The molecular formula is C16H24N2O3. The van der Waals surface area contributed by atoms with Gasteiger partial charge in [-0.25, -0.2) is 0 Å². The molecule has 3 unspecified atom stereocenters. The van der Waals surface area contributed by atoms with Gasteiger partial charge < -0.3 is 20.1 Å². The number of ether oxygens (including phenoxy) is 2. The van der Waals surface area contributed by atoms with Crippen LogP contribution >= 0.6 is 0 Å². The van der Waals surface area contributed by atoms with Gasteiger partial charge in [-0.15, -0.1) is 0 Å². The monoisotopic (exact) mass is 292 g/mol. The van der Waals surface area contributed by atoms with E-state index in [2.05, 4.69) is 10.6 Å². The Balaban J connectivity index is 1.99. The topological polar surface area (TPSA) is 59.6 Å². The third-order valence-electron chi connectivity index (χ3n) is 3.80. The molecule has 3 atom stereocenters. The summed E-state index contributed by atoms with van der Waals surface area (Å²) in [6.45, 7) is 6.39. The van der Waals surface area contributed by atoms with E-state index in [0.29, 0.717) is 12.4 Å². The van der Waals surface area contributed by atoms with E-state index in [9.17, 15) is 4.79 Å². The Bertz CT molecular complexity index is 504. The van der Waals surface area contributed by atoms with Crippen molar-refractivity contribution in [3.05, 3.63) is 23.8 Å². The molecule has 0 aromatic heterocycles. The van der Waals surface area contributed by atoms with Gasteiger partial charge in [0.05, 0.1) is 6.04 Å². The molecule has 0 aliphatic carbocycles. The van der Waals surface area contributed by atoms with Gasteiger partial charge in [0.2, 0.25) is 0 Å². The number of likely N-dealkylation sites (N-methyl/N-ethyl adjacent to an activating group) is 1. The molecule has 1 aromatic carbocycles. The van der Waals surface area contributed by atoms with Gasteiger partial charge in [0.1, 0.15) is 18.1 Å². The molecule has 116 valence electrons. The van der Waals surface area contributed by atoms with Crippen LogP contribution in [0.1, 0.15) is 38.8 Å². The van der Waals surface area contributed by atoms with Crippen molar-refractivity contribution in [1.82, 2.24) is 10.6 Å². The second-order valence-corrected chi connectivity index (χ2v) is 5.43. The maximum atomic E-state index is 12.0. The molecule has 2 rings (SSSR count). The van der Waals surface area contributed by atoms with Gasteiger partial charge in [0.25, 0.3) is 5.91 Å². The van der Waals surface area contributed by atoms with Crippen LogP contribution in [-0.4, -0.2) is 31.7 Å². The molecule has 0 saturated carbocycles. The second-order valence-electron chi connectivity index (χ2n) is 5.43. The second kappa shape index (κ2) is 6.80. The van der Waals surface area contributed by atoms with Gasteiger partial charge in [0.15, 0.2) is 6.10 Å². The number of fused-ring (bicyclic) bond motifs is 1. The molecule has 0 saturated heterocycles. The average molecular weight is 292 g/mol. The minimum absolute atomic E-state index is 0.0983. The van der Waals surface area contributed by atoms with Crippen LogP contribution in [0.2, 0.25) is 0 Å². The Morgan fingerprint density at radius 2 is 2.24 bits per heavy atom. The number of rotatable bonds is 6. The number of hydrogen-bond acceptors (Lipinski definition) is 4. The standard InChI is InChI=1S/C16H24N2O3/c1-5-10(2)18-16(19)11(3)21-12-6-7-13-14(17-4)9-20-15(13)8-12/h6-8,10-11,14,17H,5,9H2,1-4H3,(H,18,19). The van der Waals surface area contributed by atoms with E-state index in [-0.39, 0.29) is 18.0 Å². The molecule has 1 aromatic rings. The zero-order valence-corrected chi connectivity index (χ0v) is 13.1. The van der Waals surface area contributed by atoms with E-state index in [0.717, 1.165) is 17.7 Å². The lowest BCUT2D eigenvalue weighted by molar-refractivity contribution is -0.127. The first-order chi connectivity index (χ1) is 10.0. The summed E-state index contributed by atoms with van der Waals surface area (Å²) in [7, 11) is 1.91. The maximum Gasteiger partial charge on any atom is 0.260 e. The largest absolute Gasteiger partial charge is 0.491 e. The maximum absolute atomic E-state index is 12.0. The molecule has 0 fully saturated rings. The van der Waals surface area contributed by atoms with E-state index in [1.807, 2.05) is 39.1 Å². The SMILES string of the molecule is CCC(C)NC(=O)C(C)Oc1ccc2c(c1)OCC2NC. The average Bonchev–Trinajstić information content (AvgIpc) is 2.89. The predicted molar refractivity (Wildman–Crippen MR) is 81.7 cm³/mol. The van der Waals surface area contributed by atoms with Gasteiger partial charge in [0, 0.05) is 17.7 Å². The third kappa shape index (κ3) is 3.67. The van der Waals surface area contributed by atoms with Gasteiger partial charge in [-0.2, -0.15) is 0 Å². The van der Waals surface area contributed by atoms with Crippen molar-refractivity contribution in [2.45, 2.75) is 45.4 Å². The molecule has 1 amide bonds. The summed E-state index contributed by atoms with van der Waals surface area (Å²) < 4.78 is 11.3. The highest BCUT2D eigenvalue weighted by molar-refractivity contribution is 5.81. The Morgan fingerprint density at radius 1 is 1.48 bits per heavy atom. The zero-order valence-electron chi connectivity index (χ0n) is 13.1. The minimum atomic E-state index is -0.529. The van der Waals surface area contributed by atoms with Crippen molar-refractivity contribution in [1.29, 1.82) is 0 Å². The van der Waals surface area contributed by atoms with E-state index < -0.39 is 6.10 Å². The quantitative estimate of drug-likeness (QED) is 0.842. The number of nitrogens with one attached hydrogen (secondary N) is 2. The van der Waals surface area contributed by atoms with E-state index in [1.165, 1.54) is 0 Å². The fraction of sp³-hybridized carbons (Fsp3) is 0.562. The van der Waals surface area contributed by atoms with Crippen molar-refractivity contribution in [3.8, 4) is 11.5 Å². The van der Waals surface area contributed by atoms with Crippen LogP contribution in [0.25, 0.3) is 0 Å².